The van der Waals surface area contributed by atoms with E-state index in [0.717, 1.165) is 28.8 Å². The molecule has 0 aliphatic carbocycles. The van der Waals surface area contributed by atoms with Crippen LogP contribution in [-0.2, 0) is 9.53 Å². The molecule has 1 aliphatic rings. The topological polar surface area (TPSA) is 55.3 Å². The number of fused-ring (bicyclic) bond motifs is 1. The summed E-state index contributed by atoms with van der Waals surface area (Å²) in [5, 5.41) is 10.8. The van der Waals surface area contributed by atoms with Crippen LogP contribution in [0.15, 0.2) is 24.3 Å². The van der Waals surface area contributed by atoms with Gasteiger partial charge in [0.25, 0.3) is 0 Å². The van der Waals surface area contributed by atoms with Gasteiger partial charge in [-0.3, -0.25) is 4.79 Å². The fourth-order valence-corrected chi connectivity index (χ4v) is 3.06. The minimum Gasteiger partial charge on any atom is -0.469 e. The molecule has 5 heteroatoms. The number of carbonyl (C=O) groups excluding carboxylic acids is 1. The third-order valence-corrected chi connectivity index (χ3v) is 4.27. The first-order valence-electron chi connectivity index (χ1n) is 7.16. The number of ether oxygens (including phenoxy) is 1. The number of anilines is 1. The molecule has 1 fully saturated rings. The highest BCUT2D eigenvalue weighted by atomic mass is 16.5. The zero-order valence-corrected chi connectivity index (χ0v) is 12.5. The zero-order chi connectivity index (χ0) is 15.0. The average Bonchev–Trinajstić information content (AvgIpc) is 2.89. The van der Waals surface area contributed by atoms with Gasteiger partial charge in [0.05, 0.1) is 18.7 Å². The summed E-state index contributed by atoms with van der Waals surface area (Å²) < 4.78 is 4.89. The molecule has 0 bridgehead atoms. The minimum absolute atomic E-state index is 0.100. The van der Waals surface area contributed by atoms with E-state index < -0.39 is 0 Å². The van der Waals surface area contributed by atoms with Crippen molar-refractivity contribution in [3.8, 4) is 0 Å². The van der Waals surface area contributed by atoms with Crippen LogP contribution < -0.4 is 4.90 Å². The van der Waals surface area contributed by atoms with Crippen LogP contribution in [0.3, 0.4) is 0 Å². The van der Waals surface area contributed by atoms with Crippen LogP contribution in [0.5, 0.6) is 0 Å². The predicted octanol–water partition coefficient (Wildman–Crippen LogP) is 2.18. The smallest absolute Gasteiger partial charge is 0.310 e. The van der Waals surface area contributed by atoms with Gasteiger partial charge in [0.1, 0.15) is 0 Å². The van der Waals surface area contributed by atoms with E-state index in [4.69, 9.17) is 4.74 Å². The summed E-state index contributed by atoms with van der Waals surface area (Å²) in [5.41, 5.74) is 0.922. The molecule has 5 nitrogen and oxygen atoms in total. The monoisotopic (exact) mass is 285 g/mol. The highest BCUT2D eigenvalue weighted by Crippen LogP contribution is 2.32. The predicted molar refractivity (Wildman–Crippen MR) is 81.2 cm³/mol. The molecule has 0 spiro atoms. The molecule has 0 amide bonds. The first-order valence-corrected chi connectivity index (χ1v) is 7.16. The fraction of sp³-hybridized carbons (Fsp3) is 0.438. The van der Waals surface area contributed by atoms with E-state index in [1.54, 1.807) is 0 Å². The molecule has 1 aromatic carbocycles. The second-order valence-electron chi connectivity index (χ2n) is 5.67. The Hall–Kier alpha value is -2.17. The van der Waals surface area contributed by atoms with Gasteiger partial charge in [0.15, 0.2) is 5.82 Å². The van der Waals surface area contributed by atoms with E-state index in [0.29, 0.717) is 6.54 Å². The number of methoxy groups -OCH3 is 1. The molecule has 2 unspecified atom stereocenters. The summed E-state index contributed by atoms with van der Waals surface area (Å²) in [6.45, 7) is 5.46. The van der Waals surface area contributed by atoms with Crippen molar-refractivity contribution in [2.45, 2.75) is 13.8 Å². The first kappa shape index (κ1) is 13.8. The van der Waals surface area contributed by atoms with Gasteiger partial charge in [-0.05, 0) is 12.8 Å². The number of esters is 1. The van der Waals surface area contributed by atoms with Crippen LogP contribution in [0.25, 0.3) is 10.8 Å². The Morgan fingerprint density at radius 3 is 2.67 bits per heavy atom. The van der Waals surface area contributed by atoms with Crippen LogP contribution in [0, 0.1) is 18.8 Å². The van der Waals surface area contributed by atoms with Crippen molar-refractivity contribution < 1.29 is 9.53 Å². The summed E-state index contributed by atoms with van der Waals surface area (Å²) in [6.07, 6.45) is 0. The van der Waals surface area contributed by atoms with Crippen LogP contribution in [0.4, 0.5) is 5.82 Å². The van der Waals surface area contributed by atoms with E-state index in [1.165, 1.54) is 7.11 Å². The zero-order valence-electron chi connectivity index (χ0n) is 12.5. The molecule has 21 heavy (non-hydrogen) atoms. The standard InChI is InChI=1S/C16H19N3O2/c1-10-8-19(9-14(10)16(20)21-3)15-13-7-5-4-6-12(13)11(2)17-18-15/h4-7,10,14H,8-9H2,1-3H3. The lowest BCUT2D eigenvalue weighted by Gasteiger charge is -2.19. The lowest BCUT2D eigenvalue weighted by Crippen LogP contribution is -2.25. The highest BCUT2D eigenvalue weighted by Gasteiger charge is 2.36. The van der Waals surface area contributed by atoms with E-state index >= 15 is 0 Å². The summed E-state index contributed by atoms with van der Waals surface area (Å²) >= 11 is 0. The van der Waals surface area contributed by atoms with Crippen molar-refractivity contribution in [3.05, 3.63) is 30.0 Å². The van der Waals surface area contributed by atoms with E-state index in [1.807, 2.05) is 19.1 Å². The Labute approximate surface area is 123 Å². The van der Waals surface area contributed by atoms with Crippen molar-refractivity contribution in [2.75, 3.05) is 25.1 Å². The van der Waals surface area contributed by atoms with Crippen LogP contribution in [-0.4, -0.2) is 36.4 Å². The summed E-state index contributed by atoms with van der Waals surface area (Å²) in [4.78, 5) is 14.0. The second kappa shape index (κ2) is 5.31. The van der Waals surface area contributed by atoms with Crippen molar-refractivity contribution >= 4 is 22.6 Å². The molecule has 1 aliphatic heterocycles. The van der Waals surface area contributed by atoms with E-state index in [-0.39, 0.29) is 17.8 Å². The Morgan fingerprint density at radius 1 is 1.24 bits per heavy atom. The molecule has 0 N–H and O–H groups in total. The maximum Gasteiger partial charge on any atom is 0.310 e. The van der Waals surface area contributed by atoms with Crippen molar-refractivity contribution in [1.29, 1.82) is 0 Å². The fourth-order valence-electron chi connectivity index (χ4n) is 3.06. The van der Waals surface area contributed by atoms with Gasteiger partial charge >= 0.3 is 5.97 Å². The molecule has 2 atom stereocenters. The molecule has 0 radical (unpaired) electrons. The molecular formula is C16H19N3O2. The number of carbonyl (C=O) groups is 1. The third-order valence-electron chi connectivity index (χ3n) is 4.27. The Morgan fingerprint density at radius 2 is 1.95 bits per heavy atom. The number of nitrogens with zero attached hydrogens (tertiary/aromatic N) is 3. The number of aryl methyl sites for hydroxylation is 1. The van der Waals surface area contributed by atoms with Gasteiger partial charge in [-0.25, -0.2) is 0 Å². The van der Waals surface area contributed by atoms with E-state index in [9.17, 15) is 4.79 Å². The van der Waals surface area contributed by atoms with Gasteiger partial charge < -0.3 is 9.64 Å². The minimum atomic E-state index is -0.144. The van der Waals surface area contributed by atoms with Crippen LogP contribution in [0.1, 0.15) is 12.6 Å². The van der Waals surface area contributed by atoms with Crippen LogP contribution >= 0.6 is 0 Å². The van der Waals surface area contributed by atoms with Gasteiger partial charge in [-0.2, -0.15) is 5.10 Å². The maximum absolute atomic E-state index is 11.8. The highest BCUT2D eigenvalue weighted by molar-refractivity contribution is 5.93. The van der Waals surface area contributed by atoms with Crippen molar-refractivity contribution in [1.82, 2.24) is 10.2 Å². The quantitative estimate of drug-likeness (QED) is 0.792. The molecule has 1 aromatic heterocycles. The number of rotatable bonds is 2. The van der Waals surface area contributed by atoms with Gasteiger partial charge in [0.2, 0.25) is 0 Å². The summed E-state index contributed by atoms with van der Waals surface area (Å²) in [6, 6.07) is 8.12. The number of hydrogen-bond donors (Lipinski definition) is 0. The van der Waals surface area contributed by atoms with Gasteiger partial charge in [0, 0.05) is 23.9 Å². The molecule has 0 saturated carbocycles. The normalized spacial score (nSPS) is 21.8. The SMILES string of the molecule is COC(=O)C1CN(c2nnc(C)c3ccccc23)CC1C. The van der Waals surface area contributed by atoms with E-state index in [2.05, 4.69) is 34.2 Å². The number of aromatic nitrogens is 2. The van der Waals surface area contributed by atoms with Crippen molar-refractivity contribution in [3.63, 3.8) is 0 Å². The Balaban J connectivity index is 1.99. The van der Waals surface area contributed by atoms with Crippen molar-refractivity contribution in [2.24, 2.45) is 11.8 Å². The second-order valence-corrected chi connectivity index (χ2v) is 5.67. The lowest BCUT2D eigenvalue weighted by atomic mass is 9.99. The third kappa shape index (κ3) is 2.33. The molecule has 1 saturated heterocycles. The first-order chi connectivity index (χ1) is 10.1. The lowest BCUT2D eigenvalue weighted by molar-refractivity contribution is -0.145. The summed E-state index contributed by atoms with van der Waals surface area (Å²) in [7, 11) is 1.44. The van der Waals surface area contributed by atoms with Gasteiger partial charge in [-0.15, -0.1) is 5.10 Å². The molecule has 110 valence electrons. The van der Waals surface area contributed by atoms with Crippen LogP contribution in [0.2, 0.25) is 0 Å². The average molecular weight is 285 g/mol. The largest absolute Gasteiger partial charge is 0.469 e. The molecule has 2 aromatic rings. The van der Waals surface area contributed by atoms with Gasteiger partial charge in [-0.1, -0.05) is 31.2 Å². The maximum atomic E-state index is 11.8. The Kier molecular flexibility index (Phi) is 3.49. The Bertz CT molecular complexity index is 686. The molecular weight excluding hydrogens is 266 g/mol. The number of hydrogen-bond acceptors (Lipinski definition) is 5. The molecule has 2 heterocycles. The number of benzene rings is 1. The summed E-state index contributed by atoms with van der Waals surface area (Å²) in [5.74, 6) is 0.861. The molecule has 3 rings (SSSR count).